The van der Waals surface area contributed by atoms with Gasteiger partial charge in [-0.15, -0.1) is 0 Å². The molecule has 0 spiro atoms. The van der Waals surface area contributed by atoms with Crippen LogP contribution in [-0.2, 0) is 11.3 Å². The number of piperidine rings is 1. The van der Waals surface area contributed by atoms with E-state index in [-0.39, 0.29) is 11.7 Å². The standard InChI is InChI=1S/C29H32N4O2/c1-21(34)30-24-9-6-8-23(20-24)22-14-18-32(19-15-22)16-7-17-33-27-12-4-3-11-26(27)31-29(33)25-10-2-5-13-28(25)35/h2-6,8-13,20,22,35H,7,14-19H2,1H3,(H,30,34). The average molecular weight is 469 g/mol. The van der Waals surface area contributed by atoms with Crippen LogP contribution in [0, 0.1) is 0 Å². The molecular weight excluding hydrogens is 436 g/mol. The van der Waals surface area contributed by atoms with E-state index in [2.05, 4.69) is 33.0 Å². The number of benzene rings is 3. The lowest BCUT2D eigenvalue weighted by Gasteiger charge is -2.32. The second kappa shape index (κ2) is 10.3. The summed E-state index contributed by atoms with van der Waals surface area (Å²) in [6, 6.07) is 23.9. The number of aromatic nitrogens is 2. The van der Waals surface area contributed by atoms with Gasteiger partial charge in [0.2, 0.25) is 5.91 Å². The third kappa shape index (κ3) is 5.23. The Balaban J connectivity index is 1.22. The van der Waals surface area contributed by atoms with Crippen LogP contribution < -0.4 is 5.32 Å². The summed E-state index contributed by atoms with van der Waals surface area (Å²) < 4.78 is 2.24. The molecule has 1 amide bonds. The van der Waals surface area contributed by atoms with Crippen molar-refractivity contribution in [2.45, 2.75) is 38.6 Å². The summed E-state index contributed by atoms with van der Waals surface area (Å²) in [5.41, 5.74) is 5.01. The van der Waals surface area contributed by atoms with E-state index in [4.69, 9.17) is 4.98 Å². The Morgan fingerprint density at radius 1 is 1.00 bits per heavy atom. The molecule has 0 bridgehead atoms. The van der Waals surface area contributed by atoms with E-state index in [1.807, 2.05) is 48.5 Å². The molecule has 6 heteroatoms. The van der Waals surface area contributed by atoms with Crippen molar-refractivity contribution in [2.75, 3.05) is 25.0 Å². The zero-order valence-electron chi connectivity index (χ0n) is 20.2. The van der Waals surface area contributed by atoms with E-state index in [0.29, 0.717) is 5.92 Å². The number of carbonyl (C=O) groups excluding carboxylic acids is 1. The summed E-state index contributed by atoms with van der Waals surface area (Å²) in [7, 11) is 0. The number of rotatable bonds is 7. The van der Waals surface area contributed by atoms with Crippen LogP contribution in [0.25, 0.3) is 22.4 Å². The molecule has 35 heavy (non-hydrogen) atoms. The van der Waals surface area contributed by atoms with E-state index in [1.165, 1.54) is 5.56 Å². The van der Waals surface area contributed by atoms with Crippen molar-refractivity contribution >= 4 is 22.6 Å². The van der Waals surface area contributed by atoms with Gasteiger partial charge in [0, 0.05) is 19.2 Å². The maximum absolute atomic E-state index is 11.4. The van der Waals surface area contributed by atoms with Gasteiger partial charge in [-0.2, -0.15) is 0 Å². The molecule has 0 aliphatic carbocycles. The van der Waals surface area contributed by atoms with Crippen LogP contribution in [0.3, 0.4) is 0 Å². The zero-order valence-corrected chi connectivity index (χ0v) is 20.2. The molecule has 1 saturated heterocycles. The summed E-state index contributed by atoms with van der Waals surface area (Å²) in [6.45, 7) is 5.58. The maximum Gasteiger partial charge on any atom is 0.221 e. The van der Waals surface area contributed by atoms with Crippen molar-refractivity contribution in [3.05, 3.63) is 78.4 Å². The molecule has 2 N–H and O–H groups in total. The average Bonchev–Trinajstić information content (AvgIpc) is 3.23. The molecule has 1 aliphatic heterocycles. The molecule has 0 atom stereocenters. The number of nitrogens with zero attached hydrogens (tertiary/aromatic N) is 3. The fraction of sp³-hybridized carbons (Fsp3) is 0.310. The number of phenols is 1. The number of phenolic OH excluding ortho intramolecular Hbond substituents is 1. The van der Waals surface area contributed by atoms with Crippen molar-refractivity contribution in [2.24, 2.45) is 0 Å². The number of aryl methyl sites for hydroxylation is 1. The van der Waals surface area contributed by atoms with Gasteiger partial charge in [-0.25, -0.2) is 4.98 Å². The zero-order chi connectivity index (χ0) is 24.2. The molecule has 0 unspecified atom stereocenters. The first-order valence-corrected chi connectivity index (χ1v) is 12.4. The normalized spacial score (nSPS) is 14.9. The second-order valence-electron chi connectivity index (χ2n) is 9.37. The van der Waals surface area contributed by atoms with Crippen LogP contribution in [0.1, 0.15) is 37.7 Å². The van der Waals surface area contributed by atoms with E-state index in [0.717, 1.165) is 73.6 Å². The molecule has 1 fully saturated rings. The summed E-state index contributed by atoms with van der Waals surface area (Å²) in [4.78, 5) is 18.8. The smallest absolute Gasteiger partial charge is 0.221 e. The Kier molecular flexibility index (Phi) is 6.82. The van der Waals surface area contributed by atoms with Crippen LogP contribution in [0.2, 0.25) is 0 Å². The second-order valence-corrected chi connectivity index (χ2v) is 9.37. The van der Waals surface area contributed by atoms with Crippen molar-refractivity contribution in [3.63, 3.8) is 0 Å². The van der Waals surface area contributed by atoms with E-state index < -0.39 is 0 Å². The SMILES string of the molecule is CC(=O)Nc1cccc(C2CCN(CCCn3c(-c4ccccc4O)nc4ccccc43)CC2)c1. The predicted octanol–water partition coefficient (Wildman–Crippen LogP) is 5.64. The van der Waals surface area contributed by atoms with Crippen molar-refractivity contribution in [1.82, 2.24) is 14.5 Å². The number of fused-ring (bicyclic) bond motifs is 1. The Hall–Kier alpha value is -3.64. The summed E-state index contributed by atoms with van der Waals surface area (Å²) >= 11 is 0. The quantitative estimate of drug-likeness (QED) is 0.368. The van der Waals surface area contributed by atoms with Crippen LogP contribution in [-0.4, -0.2) is 45.1 Å². The third-order valence-electron chi connectivity index (χ3n) is 6.92. The molecule has 3 aromatic carbocycles. The number of para-hydroxylation sites is 3. The van der Waals surface area contributed by atoms with Crippen LogP contribution in [0.4, 0.5) is 5.69 Å². The first kappa shape index (κ1) is 23.1. The lowest BCUT2D eigenvalue weighted by atomic mass is 9.89. The maximum atomic E-state index is 11.4. The van der Waals surface area contributed by atoms with Gasteiger partial charge in [0.15, 0.2) is 0 Å². The largest absolute Gasteiger partial charge is 0.507 e. The summed E-state index contributed by atoms with van der Waals surface area (Å²) in [6.07, 6.45) is 3.27. The highest BCUT2D eigenvalue weighted by Crippen LogP contribution is 2.32. The molecule has 1 aromatic heterocycles. The van der Waals surface area contributed by atoms with Crippen LogP contribution in [0.5, 0.6) is 5.75 Å². The number of hydrogen-bond acceptors (Lipinski definition) is 4. The molecule has 1 aliphatic rings. The monoisotopic (exact) mass is 468 g/mol. The minimum absolute atomic E-state index is 0.0340. The number of hydrogen-bond donors (Lipinski definition) is 2. The number of aromatic hydroxyl groups is 1. The first-order chi connectivity index (χ1) is 17.1. The van der Waals surface area contributed by atoms with E-state index in [1.54, 1.807) is 13.0 Å². The minimum atomic E-state index is -0.0340. The Morgan fingerprint density at radius 2 is 1.77 bits per heavy atom. The van der Waals surface area contributed by atoms with Crippen molar-refractivity contribution in [1.29, 1.82) is 0 Å². The van der Waals surface area contributed by atoms with Crippen LogP contribution >= 0.6 is 0 Å². The van der Waals surface area contributed by atoms with Gasteiger partial charge < -0.3 is 19.9 Å². The summed E-state index contributed by atoms with van der Waals surface area (Å²) in [5.74, 6) is 1.58. The van der Waals surface area contributed by atoms with Gasteiger partial charge in [0.1, 0.15) is 11.6 Å². The number of carbonyl (C=O) groups is 1. The Morgan fingerprint density at radius 3 is 2.57 bits per heavy atom. The highest BCUT2D eigenvalue weighted by molar-refractivity contribution is 5.88. The van der Waals surface area contributed by atoms with Gasteiger partial charge in [0.05, 0.1) is 16.6 Å². The molecule has 4 aromatic rings. The number of likely N-dealkylation sites (tertiary alicyclic amines) is 1. The molecule has 2 heterocycles. The summed E-state index contributed by atoms with van der Waals surface area (Å²) in [5, 5.41) is 13.3. The molecule has 6 nitrogen and oxygen atoms in total. The molecular formula is C29H32N4O2. The predicted molar refractivity (Wildman–Crippen MR) is 141 cm³/mol. The first-order valence-electron chi connectivity index (χ1n) is 12.4. The van der Waals surface area contributed by atoms with E-state index in [9.17, 15) is 9.90 Å². The van der Waals surface area contributed by atoms with Crippen molar-refractivity contribution in [3.8, 4) is 17.1 Å². The highest BCUT2D eigenvalue weighted by atomic mass is 16.3. The van der Waals surface area contributed by atoms with Gasteiger partial charge in [0.25, 0.3) is 0 Å². The number of imidazole rings is 1. The lowest BCUT2D eigenvalue weighted by Crippen LogP contribution is -2.34. The minimum Gasteiger partial charge on any atom is -0.507 e. The number of nitrogens with one attached hydrogen (secondary N) is 1. The lowest BCUT2D eigenvalue weighted by molar-refractivity contribution is -0.114. The van der Waals surface area contributed by atoms with Crippen molar-refractivity contribution < 1.29 is 9.90 Å². The number of anilines is 1. The highest BCUT2D eigenvalue weighted by Gasteiger charge is 2.21. The Labute approximate surface area is 206 Å². The molecule has 180 valence electrons. The van der Waals surface area contributed by atoms with Gasteiger partial charge in [-0.1, -0.05) is 36.4 Å². The van der Waals surface area contributed by atoms with Crippen LogP contribution in [0.15, 0.2) is 72.8 Å². The van der Waals surface area contributed by atoms with Gasteiger partial charge in [-0.3, -0.25) is 4.79 Å². The number of amides is 1. The fourth-order valence-electron chi connectivity index (χ4n) is 5.19. The van der Waals surface area contributed by atoms with Gasteiger partial charge in [-0.05, 0) is 86.8 Å². The van der Waals surface area contributed by atoms with E-state index >= 15 is 0 Å². The molecule has 0 saturated carbocycles. The Bertz CT molecular complexity index is 1320. The molecule has 0 radical (unpaired) electrons. The van der Waals surface area contributed by atoms with Gasteiger partial charge >= 0.3 is 0 Å². The third-order valence-corrected chi connectivity index (χ3v) is 6.92. The topological polar surface area (TPSA) is 70.4 Å². The fourth-order valence-corrected chi connectivity index (χ4v) is 5.19. The molecule has 5 rings (SSSR count).